The van der Waals surface area contributed by atoms with Crippen molar-refractivity contribution in [1.29, 1.82) is 0 Å². The van der Waals surface area contributed by atoms with E-state index in [0.29, 0.717) is 17.3 Å². The number of pyridine rings is 1. The van der Waals surface area contributed by atoms with Crippen LogP contribution >= 0.6 is 0 Å². The Hall–Kier alpha value is -2.50. The second kappa shape index (κ2) is 4.31. The van der Waals surface area contributed by atoms with E-state index in [4.69, 9.17) is 14.6 Å². The molecule has 0 amide bonds. The first-order chi connectivity index (χ1) is 9.15. The Bertz CT molecular complexity index is 656. The van der Waals surface area contributed by atoms with Crippen molar-refractivity contribution in [2.24, 2.45) is 0 Å². The first-order valence-electron chi connectivity index (χ1n) is 5.83. The van der Waals surface area contributed by atoms with Gasteiger partial charge in [0.25, 0.3) is 0 Å². The lowest BCUT2D eigenvalue weighted by atomic mass is 10.1. The summed E-state index contributed by atoms with van der Waals surface area (Å²) in [5, 5.41) is 13.5. The molecule has 2 heterocycles. The van der Waals surface area contributed by atoms with Gasteiger partial charge >= 0.3 is 5.97 Å². The van der Waals surface area contributed by atoms with Gasteiger partial charge in [-0.15, -0.1) is 0 Å². The topological polar surface area (TPSA) is 80.7 Å². The molecule has 6 nitrogen and oxygen atoms in total. The number of benzene rings is 1. The number of nitrogens with one attached hydrogen (secondary N) is 1. The van der Waals surface area contributed by atoms with Gasteiger partial charge in [-0.25, -0.2) is 4.98 Å². The molecule has 98 valence electrons. The third-order valence-electron chi connectivity index (χ3n) is 2.98. The Kier molecular flexibility index (Phi) is 2.63. The zero-order valence-electron chi connectivity index (χ0n) is 10.2. The van der Waals surface area contributed by atoms with Gasteiger partial charge in [-0.3, -0.25) is 4.79 Å². The van der Waals surface area contributed by atoms with Crippen molar-refractivity contribution in [3.05, 3.63) is 24.4 Å². The standard InChI is InChI=1S/C13H12N2O4/c1-7(13(16)17)15-12-9-5-11-10(18-6-19-11)4-8(9)2-3-14-12/h2-5,7H,6H2,1H3,(H,14,15)(H,16,17). The number of hydrogen-bond acceptors (Lipinski definition) is 5. The second-order valence-corrected chi connectivity index (χ2v) is 4.29. The zero-order valence-corrected chi connectivity index (χ0v) is 10.2. The molecule has 0 saturated heterocycles. The largest absolute Gasteiger partial charge is 0.480 e. The monoisotopic (exact) mass is 260 g/mol. The Morgan fingerprint density at radius 3 is 2.89 bits per heavy atom. The SMILES string of the molecule is CC(Nc1nccc2cc3c(cc12)OCO3)C(=O)O. The third-order valence-corrected chi connectivity index (χ3v) is 2.98. The Morgan fingerprint density at radius 2 is 2.16 bits per heavy atom. The lowest BCUT2D eigenvalue weighted by Gasteiger charge is -2.12. The van der Waals surface area contributed by atoms with E-state index in [0.717, 1.165) is 10.8 Å². The molecular formula is C13H12N2O4. The summed E-state index contributed by atoms with van der Waals surface area (Å²) in [5.41, 5.74) is 0. The van der Waals surface area contributed by atoms with Crippen LogP contribution in [-0.2, 0) is 4.79 Å². The van der Waals surface area contributed by atoms with E-state index < -0.39 is 12.0 Å². The number of nitrogens with zero attached hydrogens (tertiary/aromatic N) is 1. The molecule has 0 aliphatic carbocycles. The number of carbonyl (C=O) groups is 1. The predicted octanol–water partition coefficient (Wildman–Crippen LogP) is 1.85. The highest BCUT2D eigenvalue weighted by molar-refractivity contribution is 5.95. The van der Waals surface area contributed by atoms with Crippen LogP contribution in [0.1, 0.15) is 6.92 Å². The average molecular weight is 260 g/mol. The second-order valence-electron chi connectivity index (χ2n) is 4.29. The smallest absolute Gasteiger partial charge is 0.325 e. The van der Waals surface area contributed by atoms with E-state index in [1.807, 2.05) is 18.2 Å². The maximum Gasteiger partial charge on any atom is 0.325 e. The van der Waals surface area contributed by atoms with Gasteiger partial charge in [-0.05, 0) is 30.5 Å². The highest BCUT2D eigenvalue weighted by Crippen LogP contribution is 2.37. The number of fused-ring (bicyclic) bond motifs is 2. The molecule has 1 aromatic heterocycles. The number of anilines is 1. The van der Waals surface area contributed by atoms with Crippen LogP contribution in [0, 0.1) is 0 Å². The van der Waals surface area contributed by atoms with Gasteiger partial charge in [-0.1, -0.05) is 0 Å². The fraction of sp³-hybridized carbons (Fsp3) is 0.231. The van der Waals surface area contributed by atoms with E-state index in [1.165, 1.54) is 0 Å². The summed E-state index contributed by atoms with van der Waals surface area (Å²) in [6.45, 7) is 1.77. The molecule has 0 spiro atoms. The van der Waals surface area contributed by atoms with E-state index in [1.54, 1.807) is 13.1 Å². The minimum atomic E-state index is -0.931. The maximum absolute atomic E-state index is 10.9. The molecule has 0 saturated carbocycles. The van der Waals surface area contributed by atoms with Gasteiger partial charge in [0.15, 0.2) is 11.5 Å². The Morgan fingerprint density at radius 1 is 1.42 bits per heavy atom. The van der Waals surface area contributed by atoms with Crippen molar-refractivity contribution in [1.82, 2.24) is 4.98 Å². The lowest BCUT2D eigenvalue weighted by molar-refractivity contribution is -0.137. The summed E-state index contributed by atoms with van der Waals surface area (Å²) in [7, 11) is 0. The molecule has 3 rings (SSSR count). The molecular weight excluding hydrogens is 248 g/mol. The van der Waals surface area contributed by atoms with Crippen LogP contribution in [0.2, 0.25) is 0 Å². The Labute approximate surface area is 109 Å². The number of carboxylic acids is 1. The van der Waals surface area contributed by atoms with E-state index in [-0.39, 0.29) is 6.79 Å². The first-order valence-corrected chi connectivity index (χ1v) is 5.83. The van der Waals surface area contributed by atoms with Crippen LogP contribution in [0.3, 0.4) is 0 Å². The summed E-state index contributed by atoms with van der Waals surface area (Å²) < 4.78 is 10.6. The molecule has 1 aliphatic rings. The van der Waals surface area contributed by atoms with Crippen molar-refractivity contribution in [2.75, 3.05) is 12.1 Å². The van der Waals surface area contributed by atoms with E-state index >= 15 is 0 Å². The number of carboxylic acid groups (broad SMARTS) is 1. The lowest BCUT2D eigenvalue weighted by Crippen LogP contribution is -2.25. The van der Waals surface area contributed by atoms with Crippen LogP contribution in [0.25, 0.3) is 10.8 Å². The maximum atomic E-state index is 10.9. The molecule has 2 N–H and O–H groups in total. The molecule has 19 heavy (non-hydrogen) atoms. The number of aromatic nitrogens is 1. The van der Waals surface area contributed by atoms with Crippen molar-refractivity contribution in [3.63, 3.8) is 0 Å². The average Bonchev–Trinajstić information content (AvgIpc) is 2.83. The van der Waals surface area contributed by atoms with Crippen molar-refractivity contribution < 1.29 is 19.4 Å². The summed E-state index contributed by atoms with van der Waals surface area (Å²) in [6, 6.07) is 4.79. The van der Waals surface area contributed by atoms with Crippen LogP contribution in [-0.4, -0.2) is 28.9 Å². The van der Waals surface area contributed by atoms with Gasteiger partial charge in [0.2, 0.25) is 6.79 Å². The van der Waals surface area contributed by atoms with Crippen LogP contribution in [0.5, 0.6) is 11.5 Å². The van der Waals surface area contributed by atoms with E-state index in [2.05, 4.69) is 10.3 Å². The normalized spacial score (nSPS) is 14.4. The number of rotatable bonds is 3. The van der Waals surface area contributed by atoms with Gasteiger partial charge in [0, 0.05) is 11.6 Å². The summed E-state index contributed by atoms with van der Waals surface area (Å²) in [6.07, 6.45) is 1.63. The Balaban J connectivity index is 2.07. The number of ether oxygens (including phenoxy) is 2. The molecule has 0 fully saturated rings. The predicted molar refractivity (Wildman–Crippen MR) is 68.6 cm³/mol. The fourth-order valence-corrected chi connectivity index (χ4v) is 1.94. The van der Waals surface area contributed by atoms with E-state index in [9.17, 15) is 4.79 Å². The van der Waals surface area contributed by atoms with Crippen molar-refractivity contribution in [3.8, 4) is 11.5 Å². The third kappa shape index (κ3) is 2.01. The summed E-state index contributed by atoms with van der Waals surface area (Å²) >= 11 is 0. The van der Waals surface area contributed by atoms with Crippen LogP contribution < -0.4 is 14.8 Å². The molecule has 1 unspecified atom stereocenters. The highest BCUT2D eigenvalue weighted by Gasteiger charge is 2.17. The molecule has 1 aromatic carbocycles. The quantitative estimate of drug-likeness (QED) is 0.876. The van der Waals surface area contributed by atoms with Crippen LogP contribution in [0.4, 0.5) is 5.82 Å². The minimum absolute atomic E-state index is 0.202. The zero-order chi connectivity index (χ0) is 13.4. The minimum Gasteiger partial charge on any atom is -0.480 e. The molecule has 0 bridgehead atoms. The van der Waals surface area contributed by atoms with Crippen molar-refractivity contribution in [2.45, 2.75) is 13.0 Å². The fourth-order valence-electron chi connectivity index (χ4n) is 1.94. The van der Waals surface area contributed by atoms with Crippen molar-refractivity contribution >= 4 is 22.6 Å². The van der Waals surface area contributed by atoms with Crippen LogP contribution in [0.15, 0.2) is 24.4 Å². The van der Waals surface area contributed by atoms with Gasteiger partial charge < -0.3 is 19.9 Å². The molecule has 2 aromatic rings. The molecule has 1 aliphatic heterocycles. The first kappa shape index (κ1) is 11.6. The van der Waals surface area contributed by atoms with Gasteiger partial charge in [-0.2, -0.15) is 0 Å². The van der Waals surface area contributed by atoms with Gasteiger partial charge in [0.1, 0.15) is 11.9 Å². The highest BCUT2D eigenvalue weighted by atomic mass is 16.7. The number of aliphatic carboxylic acids is 1. The summed E-state index contributed by atoms with van der Waals surface area (Å²) in [4.78, 5) is 15.1. The number of hydrogen-bond donors (Lipinski definition) is 2. The molecule has 6 heteroatoms. The molecule has 1 atom stereocenters. The summed E-state index contributed by atoms with van der Waals surface area (Å²) in [5.74, 6) is 0.924. The van der Waals surface area contributed by atoms with Gasteiger partial charge in [0.05, 0.1) is 0 Å². The molecule has 0 radical (unpaired) electrons.